The molecule has 110 valence electrons. The first-order valence-electron chi connectivity index (χ1n) is 6.75. The SMILES string of the molecule is CCc1cc(C(=O)Nc2ccc(N(C)C)cc2)cc(Cl)n1. The average Bonchev–Trinajstić information content (AvgIpc) is 2.47. The number of anilines is 2. The summed E-state index contributed by atoms with van der Waals surface area (Å²) < 4.78 is 0. The number of benzene rings is 1. The Balaban J connectivity index is 2.15. The number of aromatic nitrogens is 1. The second-order valence-electron chi connectivity index (χ2n) is 4.92. The molecule has 5 heteroatoms. The van der Waals surface area contributed by atoms with E-state index in [1.807, 2.05) is 50.2 Å². The third kappa shape index (κ3) is 3.95. The van der Waals surface area contributed by atoms with E-state index in [0.717, 1.165) is 23.5 Å². The molecule has 0 spiro atoms. The number of nitrogens with one attached hydrogen (secondary N) is 1. The summed E-state index contributed by atoms with van der Waals surface area (Å²) in [6.07, 6.45) is 0.734. The summed E-state index contributed by atoms with van der Waals surface area (Å²) in [6, 6.07) is 11.0. The number of hydrogen-bond donors (Lipinski definition) is 1. The van der Waals surface area contributed by atoms with Crippen molar-refractivity contribution in [2.45, 2.75) is 13.3 Å². The molecule has 1 amide bonds. The molecule has 0 fully saturated rings. The zero-order valence-corrected chi connectivity index (χ0v) is 13.1. The second kappa shape index (κ2) is 6.59. The van der Waals surface area contributed by atoms with Crippen molar-refractivity contribution in [2.75, 3.05) is 24.3 Å². The van der Waals surface area contributed by atoms with Gasteiger partial charge >= 0.3 is 0 Å². The summed E-state index contributed by atoms with van der Waals surface area (Å²) in [5.41, 5.74) is 3.14. The molecule has 4 nitrogen and oxygen atoms in total. The third-order valence-corrected chi connectivity index (χ3v) is 3.31. The van der Waals surface area contributed by atoms with Crippen LogP contribution in [0.25, 0.3) is 0 Å². The largest absolute Gasteiger partial charge is 0.378 e. The van der Waals surface area contributed by atoms with E-state index in [9.17, 15) is 4.79 Å². The van der Waals surface area contributed by atoms with Crippen LogP contribution < -0.4 is 10.2 Å². The van der Waals surface area contributed by atoms with Crippen LogP contribution in [0.4, 0.5) is 11.4 Å². The Labute approximate surface area is 129 Å². The lowest BCUT2D eigenvalue weighted by molar-refractivity contribution is 0.102. The molecule has 2 rings (SSSR count). The van der Waals surface area contributed by atoms with Gasteiger partial charge < -0.3 is 10.2 Å². The molecule has 0 aliphatic carbocycles. The van der Waals surface area contributed by atoms with Crippen molar-refractivity contribution in [3.63, 3.8) is 0 Å². The highest BCUT2D eigenvalue weighted by atomic mass is 35.5. The van der Waals surface area contributed by atoms with Crippen LogP contribution in [0.1, 0.15) is 23.0 Å². The summed E-state index contributed by atoms with van der Waals surface area (Å²) in [6.45, 7) is 1.97. The molecule has 1 N–H and O–H groups in total. The number of nitrogens with zero attached hydrogens (tertiary/aromatic N) is 2. The number of pyridine rings is 1. The minimum absolute atomic E-state index is 0.188. The highest BCUT2D eigenvalue weighted by Crippen LogP contribution is 2.17. The van der Waals surface area contributed by atoms with E-state index in [0.29, 0.717) is 10.7 Å². The molecule has 0 atom stereocenters. The van der Waals surface area contributed by atoms with Crippen molar-refractivity contribution in [3.05, 3.63) is 52.8 Å². The lowest BCUT2D eigenvalue weighted by atomic mass is 10.2. The standard InChI is InChI=1S/C16H18ClN3O/c1-4-12-9-11(10-15(17)18-12)16(21)19-13-5-7-14(8-6-13)20(2)3/h5-10H,4H2,1-3H3,(H,19,21). The molecule has 0 aliphatic rings. The maximum Gasteiger partial charge on any atom is 0.255 e. The van der Waals surface area contributed by atoms with Crippen LogP contribution in [0.5, 0.6) is 0 Å². The van der Waals surface area contributed by atoms with Crippen molar-refractivity contribution in [3.8, 4) is 0 Å². The predicted molar refractivity (Wildman–Crippen MR) is 87.3 cm³/mol. The van der Waals surface area contributed by atoms with Gasteiger partial charge in [0.1, 0.15) is 5.15 Å². The van der Waals surface area contributed by atoms with Gasteiger partial charge in [0.15, 0.2) is 0 Å². The van der Waals surface area contributed by atoms with Crippen molar-refractivity contribution in [2.24, 2.45) is 0 Å². The molecule has 21 heavy (non-hydrogen) atoms. The first-order chi connectivity index (χ1) is 9.99. The number of carbonyl (C=O) groups is 1. The number of amides is 1. The van der Waals surface area contributed by atoms with Gasteiger partial charge in [0.05, 0.1) is 0 Å². The second-order valence-corrected chi connectivity index (χ2v) is 5.31. The van der Waals surface area contributed by atoms with E-state index < -0.39 is 0 Å². The van der Waals surface area contributed by atoms with Crippen molar-refractivity contribution < 1.29 is 4.79 Å². The number of hydrogen-bond acceptors (Lipinski definition) is 3. The number of carbonyl (C=O) groups excluding carboxylic acids is 1. The van der Waals surface area contributed by atoms with E-state index in [1.54, 1.807) is 12.1 Å². The van der Waals surface area contributed by atoms with Crippen LogP contribution in [-0.4, -0.2) is 25.0 Å². The zero-order chi connectivity index (χ0) is 15.4. The van der Waals surface area contributed by atoms with Gasteiger partial charge in [-0.3, -0.25) is 4.79 Å². The maximum atomic E-state index is 12.2. The summed E-state index contributed by atoms with van der Waals surface area (Å²) >= 11 is 5.93. The molecule has 1 aromatic carbocycles. The molecular formula is C16H18ClN3O. The monoisotopic (exact) mass is 303 g/mol. The molecule has 0 aliphatic heterocycles. The van der Waals surface area contributed by atoms with Gasteiger partial charge in [0.25, 0.3) is 5.91 Å². The van der Waals surface area contributed by atoms with E-state index in [4.69, 9.17) is 11.6 Å². The fourth-order valence-corrected chi connectivity index (χ4v) is 2.14. The number of aryl methyl sites for hydroxylation is 1. The van der Waals surface area contributed by atoms with Crippen LogP contribution in [0, 0.1) is 0 Å². The fourth-order valence-electron chi connectivity index (χ4n) is 1.91. The van der Waals surface area contributed by atoms with Gasteiger partial charge in [0, 0.05) is 36.7 Å². The molecule has 0 unspecified atom stereocenters. The number of halogens is 1. The smallest absolute Gasteiger partial charge is 0.255 e. The Morgan fingerprint density at radius 3 is 2.48 bits per heavy atom. The van der Waals surface area contributed by atoms with E-state index >= 15 is 0 Å². The normalized spacial score (nSPS) is 10.3. The van der Waals surface area contributed by atoms with Gasteiger partial charge in [0.2, 0.25) is 0 Å². The van der Waals surface area contributed by atoms with Gasteiger partial charge in [-0.05, 0) is 42.8 Å². The molecule has 1 heterocycles. The third-order valence-electron chi connectivity index (χ3n) is 3.11. The Morgan fingerprint density at radius 1 is 1.24 bits per heavy atom. The van der Waals surface area contributed by atoms with Crippen LogP contribution in [0.3, 0.4) is 0 Å². The quantitative estimate of drug-likeness (QED) is 0.878. The minimum Gasteiger partial charge on any atom is -0.378 e. The maximum absolute atomic E-state index is 12.2. The Hall–Kier alpha value is -2.07. The lowest BCUT2D eigenvalue weighted by Gasteiger charge is -2.13. The fraction of sp³-hybridized carbons (Fsp3) is 0.250. The molecular weight excluding hydrogens is 286 g/mol. The summed E-state index contributed by atoms with van der Waals surface area (Å²) in [7, 11) is 3.94. The minimum atomic E-state index is -0.188. The molecule has 1 aromatic heterocycles. The Kier molecular flexibility index (Phi) is 4.81. The Morgan fingerprint density at radius 2 is 1.90 bits per heavy atom. The van der Waals surface area contributed by atoms with Gasteiger partial charge in [-0.2, -0.15) is 0 Å². The van der Waals surface area contributed by atoms with Crippen LogP contribution in [0.2, 0.25) is 5.15 Å². The van der Waals surface area contributed by atoms with Gasteiger partial charge in [-0.15, -0.1) is 0 Å². The summed E-state index contributed by atoms with van der Waals surface area (Å²) in [4.78, 5) is 18.4. The van der Waals surface area contributed by atoms with Crippen molar-refractivity contribution >= 4 is 28.9 Å². The average molecular weight is 304 g/mol. The molecule has 2 aromatic rings. The van der Waals surface area contributed by atoms with Crippen LogP contribution >= 0.6 is 11.6 Å². The van der Waals surface area contributed by atoms with Gasteiger partial charge in [-0.1, -0.05) is 18.5 Å². The van der Waals surface area contributed by atoms with Crippen LogP contribution in [-0.2, 0) is 6.42 Å². The zero-order valence-electron chi connectivity index (χ0n) is 12.4. The van der Waals surface area contributed by atoms with E-state index in [1.165, 1.54) is 0 Å². The predicted octanol–water partition coefficient (Wildman–Crippen LogP) is 3.62. The lowest BCUT2D eigenvalue weighted by Crippen LogP contribution is -2.13. The van der Waals surface area contributed by atoms with Crippen molar-refractivity contribution in [1.82, 2.24) is 4.98 Å². The number of rotatable bonds is 4. The van der Waals surface area contributed by atoms with E-state index in [2.05, 4.69) is 10.3 Å². The highest BCUT2D eigenvalue weighted by Gasteiger charge is 2.09. The summed E-state index contributed by atoms with van der Waals surface area (Å²) in [5, 5.41) is 3.19. The molecule has 0 bridgehead atoms. The Bertz CT molecular complexity index is 638. The first kappa shape index (κ1) is 15.3. The molecule has 0 saturated heterocycles. The van der Waals surface area contributed by atoms with Crippen molar-refractivity contribution in [1.29, 1.82) is 0 Å². The molecule has 0 radical (unpaired) electrons. The molecule has 0 saturated carbocycles. The highest BCUT2D eigenvalue weighted by molar-refractivity contribution is 6.29. The first-order valence-corrected chi connectivity index (χ1v) is 7.12. The van der Waals surface area contributed by atoms with Gasteiger partial charge in [-0.25, -0.2) is 4.98 Å². The van der Waals surface area contributed by atoms with E-state index in [-0.39, 0.29) is 5.91 Å². The summed E-state index contributed by atoms with van der Waals surface area (Å²) in [5.74, 6) is -0.188. The topological polar surface area (TPSA) is 45.2 Å². The van der Waals surface area contributed by atoms with Crippen LogP contribution in [0.15, 0.2) is 36.4 Å².